The molecule has 1 amide bonds. The lowest BCUT2D eigenvalue weighted by molar-refractivity contribution is -0.116. The van der Waals surface area contributed by atoms with Gasteiger partial charge in [-0.2, -0.15) is 4.37 Å². The van der Waals surface area contributed by atoms with E-state index < -0.39 is 5.97 Å². The summed E-state index contributed by atoms with van der Waals surface area (Å²) in [6, 6.07) is 0.400. The summed E-state index contributed by atoms with van der Waals surface area (Å²) in [4.78, 5) is 23.0. The van der Waals surface area contributed by atoms with Crippen molar-refractivity contribution in [3.63, 3.8) is 0 Å². The van der Waals surface area contributed by atoms with Crippen molar-refractivity contribution < 1.29 is 14.7 Å². The summed E-state index contributed by atoms with van der Waals surface area (Å²) >= 11 is 1.02. The molecule has 3 N–H and O–H groups in total. The Hall–Kier alpha value is -1.47. The van der Waals surface area contributed by atoms with Crippen LogP contribution >= 0.6 is 11.5 Å². The zero-order valence-electron chi connectivity index (χ0n) is 11.4. The SMILES string of the molecule is Cc1nsc(NC(=O)CCC2CCCCN2)c1C(=O)O. The maximum absolute atomic E-state index is 11.9. The summed E-state index contributed by atoms with van der Waals surface area (Å²) in [6.07, 6.45) is 4.69. The Morgan fingerprint density at radius 1 is 1.50 bits per heavy atom. The molecule has 1 atom stereocenters. The fourth-order valence-electron chi connectivity index (χ4n) is 2.37. The number of anilines is 1. The predicted octanol–water partition coefficient (Wildman–Crippen LogP) is 2.01. The number of carboxylic acid groups (broad SMARTS) is 1. The minimum atomic E-state index is -1.06. The van der Waals surface area contributed by atoms with E-state index in [-0.39, 0.29) is 11.5 Å². The van der Waals surface area contributed by atoms with Gasteiger partial charge in [0.15, 0.2) is 0 Å². The molecule has 2 rings (SSSR count). The summed E-state index contributed by atoms with van der Waals surface area (Å²) in [5.41, 5.74) is 0.533. The number of aromatic carboxylic acids is 1. The summed E-state index contributed by atoms with van der Waals surface area (Å²) in [5, 5.41) is 15.5. The Bertz CT molecular complexity index is 495. The number of hydrogen-bond donors (Lipinski definition) is 3. The molecule has 1 aromatic heterocycles. The van der Waals surface area contributed by atoms with Gasteiger partial charge in [0.2, 0.25) is 5.91 Å². The van der Waals surface area contributed by atoms with Gasteiger partial charge >= 0.3 is 5.97 Å². The van der Waals surface area contributed by atoms with E-state index in [9.17, 15) is 9.59 Å². The lowest BCUT2D eigenvalue weighted by Crippen LogP contribution is -2.34. The second-order valence-corrected chi connectivity index (χ2v) is 5.78. The first kappa shape index (κ1) is 14.9. The maximum atomic E-state index is 11.9. The van der Waals surface area contributed by atoms with Gasteiger partial charge in [-0.05, 0) is 44.3 Å². The van der Waals surface area contributed by atoms with Crippen LogP contribution in [0.3, 0.4) is 0 Å². The van der Waals surface area contributed by atoms with Gasteiger partial charge < -0.3 is 15.7 Å². The molecule has 20 heavy (non-hydrogen) atoms. The van der Waals surface area contributed by atoms with Gasteiger partial charge in [0.05, 0.1) is 5.69 Å². The largest absolute Gasteiger partial charge is 0.478 e. The molecular weight excluding hydrogens is 278 g/mol. The third kappa shape index (κ3) is 3.77. The number of carbonyl (C=O) groups is 2. The molecule has 2 heterocycles. The van der Waals surface area contributed by atoms with Crippen LogP contribution in [0.2, 0.25) is 0 Å². The number of aryl methyl sites for hydroxylation is 1. The number of aromatic nitrogens is 1. The summed E-state index contributed by atoms with van der Waals surface area (Å²) < 4.78 is 3.97. The van der Waals surface area contributed by atoms with Gasteiger partial charge in [-0.15, -0.1) is 0 Å². The van der Waals surface area contributed by atoms with Crippen molar-refractivity contribution in [3.05, 3.63) is 11.3 Å². The van der Waals surface area contributed by atoms with Crippen molar-refractivity contribution in [2.75, 3.05) is 11.9 Å². The van der Waals surface area contributed by atoms with E-state index in [0.717, 1.165) is 30.9 Å². The van der Waals surface area contributed by atoms with Crippen molar-refractivity contribution in [2.45, 2.75) is 45.1 Å². The highest BCUT2D eigenvalue weighted by Gasteiger charge is 2.20. The highest BCUT2D eigenvalue weighted by molar-refractivity contribution is 7.11. The molecular formula is C13H19N3O3S. The van der Waals surface area contributed by atoms with Crippen LogP contribution in [0.4, 0.5) is 5.00 Å². The molecule has 1 aliphatic rings. The molecule has 1 fully saturated rings. The average Bonchev–Trinajstić information content (AvgIpc) is 2.78. The number of carbonyl (C=O) groups excluding carboxylic acids is 1. The average molecular weight is 297 g/mol. The van der Waals surface area contributed by atoms with Crippen molar-refractivity contribution in [1.29, 1.82) is 0 Å². The minimum absolute atomic E-state index is 0.0964. The van der Waals surface area contributed by atoms with Crippen LogP contribution in [0.15, 0.2) is 0 Å². The molecule has 0 aromatic carbocycles. The Labute approximate surface area is 121 Å². The molecule has 6 nitrogen and oxygen atoms in total. The van der Waals surface area contributed by atoms with Crippen molar-refractivity contribution >= 4 is 28.4 Å². The molecule has 0 saturated carbocycles. The van der Waals surface area contributed by atoms with E-state index in [1.807, 2.05) is 0 Å². The molecule has 0 radical (unpaired) electrons. The minimum Gasteiger partial charge on any atom is -0.478 e. The van der Waals surface area contributed by atoms with Gasteiger partial charge in [0, 0.05) is 12.5 Å². The number of carboxylic acids is 1. The Kier molecular flexibility index (Phi) is 5.08. The third-order valence-electron chi connectivity index (χ3n) is 3.46. The maximum Gasteiger partial charge on any atom is 0.340 e. The van der Waals surface area contributed by atoms with Crippen LogP contribution in [0.5, 0.6) is 0 Å². The third-order valence-corrected chi connectivity index (χ3v) is 4.32. The van der Waals surface area contributed by atoms with E-state index in [1.165, 1.54) is 12.8 Å². The Balaban J connectivity index is 1.86. The van der Waals surface area contributed by atoms with Crippen LogP contribution in [0.1, 0.15) is 48.2 Å². The monoisotopic (exact) mass is 297 g/mol. The molecule has 1 aromatic rings. The molecule has 0 spiro atoms. The highest BCUT2D eigenvalue weighted by Crippen LogP contribution is 2.24. The van der Waals surface area contributed by atoms with Gasteiger partial charge in [-0.1, -0.05) is 6.42 Å². The van der Waals surface area contributed by atoms with E-state index in [2.05, 4.69) is 15.0 Å². The molecule has 0 bridgehead atoms. The number of piperidine rings is 1. The van der Waals surface area contributed by atoms with E-state index in [1.54, 1.807) is 6.92 Å². The number of amides is 1. The van der Waals surface area contributed by atoms with Crippen LogP contribution in [-0.2, 0) is 4.79 Å². The second kappa shape index (κ2) is 6.81. The predicted molar refractivity (Wildman–Crippen MR) is 77.3 cm³/mol. The van der Waals surface area contributed by atoms with Crippen LogP contribution < -0.4 is 10.6 Å². The van der Waals surface area contributed by atoms with E-state index in [4.69, 9.17) is 5.11 Å². The normalized spacial score (nSPS) is 18.8. The number of nitrogens with one attached hydrogen (secondary N) is 2. The van der Waals surface area contributed by atoms with Gasteiger partial charge in [-0.3, -0.25) is 4.79 Å². The van der Waals surface area contributed by atoms with E-state index in [0.29, 0.717) is 23.2 Å². The zero-order chi connectivity index (χ0) is 14.5. The van der Waals surface area contributed by atoms with Gasteiger partial charge in [0.1, 0.15) is 10.6 Å². The Morgan fingerprint density at radius 3 is 2.95 bits per heavy atom. The van der Waals surface area contributed by atoms with Crippen molar-refractivity contribution in [2.24, 2.45) is 0 Å². The van der Waals surface area contributed by atoms with Crippen LogP contribution in [0.25, 0.3) is 0 Å². The van der Waals surface area contributed by atoms with Crippen molar-refractivity contribution in [3.8, 4) is 0 Å². The topological polar surface area (TPSA) is 91.3 Å². The second-order valence-electron chi connectivity index (χ2n) is 5.01. The highest BCUT2D eigenvalue weighted by atomic mass is 32.1. The fraction of sp³-hybridized carbons (Fsp3) is 0.615. The molecule has 110 valence electrons. The smallest absolute Gasteiger partial charge is 0.340 e. The first-order chi connectivity index (χ1) is 9.58. The zero-order valence-corrected chi connectivity index (χ0v) is 12.3. The molecule has 1 saturated heterocycles. The summed E-state index contributed by atoms with van der Waals surface area (Å²) in [5.74, 6) is -1.20. The number of hydrogen-bond acceptors (Lipinski definition) is 5. The fourth-order valence-corrected chi connectivity index (χ4v) is 3.18. The van der Waals surface area contributed by atoms with Gasteiger partial charge in [0.25, 0.3) is 0 Å². The first-order valence-electron chi connectivity index (χ1n) is 6.80. The standard InChI is InChI=1S/C13H19N3O3S/c1-8-11(13(18)19)12(20-16-8)15-10(17)6-5-9-4-2-3-7-14-9/h9,14H,2-7H2,1H3,(H,15,17)(H,18,19). The molecule has 7 heteroatoms. The number of nitrogens with zero attached hydrogens (tertiary/aromatic N) is 1. The van der Waals surface area contributed by atoms with E-state index >= 15 is 0 Å². The first-order valence-corrected chi connectivity index (χ1v) is 7.58. The molecule has 0 aliphatic carbocycles. The summed E-state index contributed by atoms with van der Waals surface area (Å²) in [6.45, 7) is 2.64. The van der Waals surface area contributed by atoms with Crippen LogP contribution in [0, 0.1) is 6.92 Å². The lowest BCUT2D eigenvalue weighted by atomic mass is 10.0. The number of rotatable bonds is 5. The Morgan fingerprint density at radius 2 is 2.30 bits per heavy atom. The molecule has 1 aliphatic heterocycles. The van der Waals surface area contributed by atoms with Crippen molar-refractivity contribution in [1.82, 2.24) is 9.69 Å². The van der Waals surface area contributed by atoms with Crippen LogP contribution in [-0.4, -0.2) is 33.9 Å². The molecule has 1 unspecified atom stereocenters. The van der Waals surface area contributed by atoms with Gasteiger partial charge in [-0.25, -0.2) is 4.79 Å². The lowest BCUT2D eigenvalue weighted by Gasteiger charge is -2.22. The quantitative estimate of drug-likeness (QED) is 0.773. The summed E-state index contributed by atoms with van der Waals surface area (Å²) in [7, 11) is 0.